The van der Waals surface area contributed by atoms with Crippen molar-refractivity contribution in [1.82, 2.24) is 24.3 Å². The molecule has 0 aromatic carbocycles. The van der Waals surface area contributed by atoms with Gasteiger partial charge in [0.1, 0.15) is 10.8 Å². The minimum absolute atomic E-state index is 0.0433. The number of aliphatic carboxylic acids is 1. The van der Waals surface area contributed by atoms with Gasteiger partial charge in [-0.1, -0.05) is 0 Å². The Kier molecular flexibility index (Phi) is 7.71. The Hall–Kier alpha value is -2.47. The van der Waals surface area contributed by atoms with Crippen LogP contribution in [0.4, 0.5) is 13.2 Å². The third-order valence-corrected chi connectivity index (χ3v) is 7.12. The Bertz CT molecular complexity index is 1010. The molecule has 0 saturated carbocycles. The number of nitrogens with zero attached hydrogens (tertiary/aromatic N) is 5. The molecule has 0 aliphatic carbocycles. The molecule has 1 fully saturated rings. The molecule has 8 nitrogen and oxygen atoms in total. The van der Waals surface area contributed by atoms with Crippen molar-refractivity contribution < 1.29 is 27.9 Å². The second-order valence-corrected chi connectivity index (χ2v) is 10.1. The first-order valence-electron chi connectivity index (χ1n) is 11.1. The third-order valence-electron chi connectivity index (χ3n) is 6.36. The Morgan fingerprint density at radius 1 is 1.26 bits per heavy atom. The predicted molar refractivity (Wildman–Crippen MR) is 120 cm³/mol. The lowest BCUT2D eigenvalue weighted by atomic mass is 9.72. The maximum atomic E-state index is 11.8. The van der Waals surface area contributed by atoms with Gasteiger partial charge in [-0.25, -0.2) is 14.8 Å². The highest BCUT2D eigenvalue weighted by Gasteiger charge is 2.45. The lowest BCUT2D eigenvalue weighted by Crippen LogP contribution is -2.52. The van der Waals surface area contributed by atoms with Gasteiger partial charge in [0.05, 0.1) is 17.9 Å². The van der Waals surface area contributed by atoms with E-state index >= 15 is 0 Å². The molecular weight excluding hydrogens is 471 g/mol. The standard InChI is InChI=1S/C20H29N5OS.C2HF3O2/c1-14(2)25-15(3)22-19-17(25)11-23(12-18-21-7-10-27-18)13-20(19)5-8-24(9-6-20)16(4)26;3-2(4,5)1(6)7/h7,10,14H,5-6,8-9,11-13H2,1-4H3;(H,6,7). The van der Waals surface area contributed by atoms with Gasteiger partial charge >= 0.3 is 12.1 Å². The van der Waals surface area contributed by atoms with Crippen LogP contribution in [0, 0.1) is 6.92 Å². The average molecular weight is 502 g/mol. The maximum Gasteiger partial charge on any atom is 0.490 e. The highest BCUT2D eigenvalue weighted by Crippen LogP contribution is 2.42. The zero-order valence-corrected chi connectivity index (χ0v) is 20.5. The number of piperidine rings is 1. The number of carboxylic acid groups (broad SMARTS) is 1. The summed E-state index contributed by atoms with van der Waals surface area (Å²) in [6, 6.07) is 0.399. The normalized spacial score (nSPS) is 17.9. The van der Waals surface area contributed by atoms with Crippen LogP contribution in [-0.2, 0) is 28.1 Å². The van der Waals surface area contributed by atoms with Crippen molar-refractivity contribution in [3.05, 3.63) is 33.8 Å². The summed E-state index contributed by atoms with van der Waals surface area (Å²) in [6.45, 7) is 12.7. The number of thiazole rings is 1. The first kappa shape index (κ1) is 26.1. The Morgan fingerprint density at radius 2 is 1.88 bits per heavy atom. The number of likely N-dealkylation sites (tertiary alicyclic amines) is 1. The molecule has 2 aromatic rings. The number of rotatable bonds is 3. The van der Waals surface area contributed by atoms with E-state index in [0.717, 1.165) is 51.4 Å². The summed E-state index contributed by atoms with van der Waals surface area (Å²) in [5.74, 6) is -1.46. The molecule has 1 N–H and O–H groups in total. The van der Waals surface area contributed by atoms with Gasteiger partial charge < -0.3 is 14.6 Å². The number of hydrogen-bond acceptors (Lipinski definition) is 6. The minimum atomic E-state index is -5.08. The van der Waals surface area contributed by atoms with Crippen LogP contribution in [0.5, 0.6) is 0 Å². The first-order valence-corrected chi connectivity index (χ1v) is 12.0. The number of carbonyl (C=O) groups excluding carboxylic acids is 1. The van der Waals surface area contributed by atoms with Crippen LogP contribution < -0.4 is 0 Å². The summed E-state index contributed by atoms with van der Waals surface area (Å²) in [5, 5.41) is 10.3. The molecule has 1 saturated heterocycles. The van der Waals surface area contributed by atoms with E-state index in [4.69, 9.17) is 14.9 Å². The Balaban J connectivity index is 0.000000406. The van der Waals surface area contributed by atoms with E-state index in [9.17, 15) is 18.0 Å². The fourth-order valence-electron chi connectivity index (χ4n) is 4.90. The molecule has 0 unspecified atom stereocenters. The number of fused-ring (bicyclic) bond motifs is 2. The molecule has 4 heterocycles. The number of imidazole rings is 1. The van der Waals surface area contributed by atoms with E-state index in [0.29, 0.717) is 6.04 Å². The zero-order chi connectivity index (χ0) is 25.3. The molecule has 188 valence electrons. The van der Waals surface area contributed by atoms with E-state index in [1.54, 1.807) is 18.3 Å². The van der Waals surface area contributed by atoms with E-state index in [2.05, 4.69) is 35.2 Å². The maximum absolute atomic E-state index is 11.8. The second-order valence-electron chi connectivity index (χ2n) is 9.08. The van der Waals surface area contributed by atoms with Crippen molar-refractivity contribution in [2.45, 2.75) is 71.3 Å². The van der Waals surface area contributed by atoms with E-state index in [1.807, 2.05) is 16.5 Å². The molecule has 34 heavy (non-hydrogen) atoms. The molecule has 2 aliphatic heterocycles. The number of amides is 1. The third kappa shape index (κ3) is 5.60. The van der Waals surface area contributed by atoms with Gasteiger partial charge in [-0.15, -0.1) is 11.3 Å². The van der Waals surface area contributed by atoms with Gasteiger partial charge in [0.2, 0.25) is 5.91 Å². The number of halogens is 3. The molecule has 4 rings (SSSR count). The number of hydrogen-bond donors (Lipinski definition) is 1. The number of carbonyl (C=O) groups is 2. The topological polar surface area (TPSA) is 91.6 Å². The fourth-order valence-corrected chi connectivity index (χ4v) is 5.56. The lowest BCUT2D eigenvalue weighted by Gasteiger charge is -2.46. The summed E-state index contributed by atoms with van der Waals surface area (Å²) >= 11 is 1.72. The van der Waals surface area contributed by atoms with E-state index < -0.39 is 12.1 Å². The SMILES string of the molecule is CC(=O)N1CCC2(CC1)CN(Cc1nccs1)Cc1c2nc(C)n1C(C)C.O=C(O)C(F)(F)F. The van der Waals surface area contributed by atoms with Crippen molar-refractivity contribution >= 4 is 23.2 Å². The molecule has 1 amide bonds. The Morgan fingerprint density at radius 3 is 2.35 bits per heavy atom. The monoisotopic (exact) mass is 501 g/mol. The molecule has 1 spiro atoms. The molecule has 0 bridgehead atoms. The van der Waals surface area contributed by atoms with Crippen LogP contribution in [0.3, 0.4) is 0 Å². The van der Waals surface area contributed by atoms with Crippen LogP contribution in [0.1, 0.15) is 61.9 Å². The molecule has 2 aliphatic rings. The van der Waals surface area contributed by atoms with Crippen LogP contribution in [0.2, 0.25) is 0 Å². The van der Waals surface area contributed by atoms with Gasteiger partial charge in [-0.3, -0.25) is 9.69 Å². The van der Waals surface area contributed by atoms with Gasteiger partial charge in [-0.05, 0) is 33.6 Å². The highest BCUT2D eigenvalue weighted by molar-refractivity contribution is 7.09. The van der Waals surface area contributed by atoms with Gasteiger partial charge in [-0.2, -0.15) is 13.2 Å². The van der Waals surface area contributed by atoms with Crippen LogP contribution >= 0.6 is 11.3 Å². The first-order chi connectivity index (χ1) is 15.8. The number of alkyl halides is 3. The van der Waals surface area contributed by atoms with Crippen molar-refractivity contribution in [1.29, 1.82) is 0 Å². The number of aromatic nitrogens is 3. The van der Waals surface area contributed by atoms with Crippen LogP contribution in [0.25, 0.3) is 0 Å². The summed E-state index contributed by atoms with van der Waals surface area (Å²) in [7, 11) is 0. The lowest BCUT2D eigenvalue weighted by molar-refractivity contribution is -0.192. The zero-order valence-electron chi connectivity index (χ0n) is 19.7. The average Bonchev–Trinajstić information content (AvgIpc) is 3.35. The van der Waals surface area contributed by atoms with Crippen LogP contribution in [0.15, 0.2) is 11.6 Å². The number of carboxylic acids is 1. The molecular formula is C22H30F3N5O3S. The quantitative estimate of drug-likeness (QED) is 0.689. The highest BCUT2D eigenvalue weighted by atomic mass is 32.1. The molecule has 2 aromatic heterocycles. The van der Waals surface area contributed by atoms with Gasteiger partial charge in [0.15, 0.2) is 0 Å². The Labute approximate surface area is 200 Å². The van der Waals surface area contributed by atoms with Crippen molar-refractivity contribution in [3.63, 3.8) is 0 Å². The predicted octanol–water partition coefficient (Wildman–Crippen LogP) is 3.76. The summed E-state index contributed by atoms with van der Waals surface area (Å²) in [6.07, 6.45) is -1.22. The van der Waals surface area contributed by atoms with Crippen LogP contribution in [-0.4, -0.2) is 67.1 Å². The summed E-state index contributed by atoms with van der Waals surface area (Å²) in [4.78, 5) is 34.8. The second kappa shape index (κ2) is 10.0. The van der Waals surface area contributed by atoms with E-state index in [1.165, 1.54) is 16.4 Å². The molecule has 0 radical (unpaired) electrons. The molecule has 0 atom stereocenters. The minimum Gasteiger partial charge on any atom is -0.475 e. The van der Waals surface area contributed by atoms with E-state index in [-0.39, 0.29) is 11.3 Å². The van der Waals surface area contributed by atoms with Gasteiger partial charge in [0, 0.05) is 56.1 Å². The number of aryl methyl sites for hydroxylation is 1. The van der Waals surface area contributed by atoms with Crippen molar-refractivity contribution in [2.75, 3.05) is 19.6 Å². The van der Waals surface area contributed by atoms with Crippen molar-refractivity contribution in [3.8, 4) is 0 Å². The molecule has 12 heteroatoms. The van der Waals surface area contributed by atoms with Gasteiger partial charge in [0.25, 0.3) is 0 Å². The van der Waals surface area contributed by atoms with Crippen molar-refractivity contribution in [2.24, 2.45) is 0 Å². The fraction of sp³-hybridized carbons (Fsp3) is 0.636. The largest absolute Gasteiger partial charge is 0.490 e. The smallest absolute Gasteiger partial charge is 0.475 e. The summed E-state index contributed by atoms with van der Waals surface area (Å²) in [5.41, 5.74) is 2.69. The summed E-state index contributed by atoms with van der Waals surface area (Å²) < 4.78 is 34.1.